The molecular weight excluding hydrogens is 322 g/mol. The highest BCUT2D eigenvalue weighted by molar-refractivity contribution is 6.05. The summed E-state index contributed by atoms with van der Waals surface area (Å²) < 4.78 is 22.4. The molecule has 0 aliphatic carbocycles. The highest BCUT2D eigenvalue weighted by atomic mass is 16.6. The van der Waals surface area contributed by atoms with Crippen molar-refractivity contribution in [3.8, 4) is 23.0 Å². The Morgan fingerprint density at radius 2 is 1.48 bits per heavy atom. The maximum atomic E-state index is 12.7. The molecule has 0 bridgehead atoms. The number of carbonyl (C=O) groups is 1. The molecule has 1 amide bonds. The summed E-state index contributed by atoms with van der Waals surface area (Å²) >= 11 is 0. The lowest BCUT2D eigenvalue weighted by atomic mass is 10.1. The Balaban J connectivity index is 1.58. The third-order valence-corrected chi connectivity index (χ3v) is 4.14. The van der Waals surface area contributed by atoms with Crippen molar-refractivity contribution in [3.05, 3.63) is 41.5 Å². The summed E-state index contributed by atoms with van der Waals surface area (Å²) in [4.78, 5) is 12.7. The van der Waals surface area contributed by atoms with E-state index in [9.17, 15) is 4.79 Å². The first-order valence-corrected chi connectivity index (χ1v) is 8.32. The van der Waals surface area contributed by atoms with Crippen LogP contribution in [0.3, 0.4) is 0 Å². The molecule has 2 heterocycles. The first-order valence-electron chi connectivity index (χ1n) is 8.32. The number of ether oxygens (including phenoxy) is 4. The van der Waals surface area contributed by atoms with Crippen molar-refractivity contribution < 1.29 is 23.7 Å². The fourth-order valence-electron chi connectivity index (χ4n) is 2.87. The van der Waals surface area contributed by atoms with Crippen LogP contribution >= 0.6 is 0 Å². The van der Waals surface area contributed by atoms with Crippen LogP contribution in [0, 0.1) is 6.92 Å². The van der Waals surface area contributed by atoms with Crippen molar-refractivity contribution >= 4 is 11.6 Å². The van der Waals surface area contributed by atoms with Crippen molar-refractivity contribution in [2.75, 3.05) is 31.7 Å². The number of benzene rings is 2. The lowest BCUT2D eigenvalue weighted by Crippen LogP contribution is -2.17. The van der Waals surface area contributed by atoms with E-state index in [2.05, 4.69) is 5.32 Å². The van der Waals surface area contributed by atoms with Gasteiger partial charge in [-0.3, -0.25) is 4.79 Å². The van der Waals surface area contributed by atoms with E-state index in [1.165, 1.54) is 0 Å². The second-order valence-electron chi connectivity index (χ2n) is 5.98. The highest BCUT2D eigenvalue weighted by Crippen LogP contribution is 2.34. The molecule has 2 aliphatic rings. The van der Waals surface area contributed by atoms with Crippen molar-refractivity contribution in [2.45, 2.75) is 13.3 Å². The standard InChI is InChI=1S/C19H19NO5/c1-12-9-16-18(23-6-2-5-22-16)11-14(12)19(21)20-13-3-4-15-17(10-13)25-8-7-24-15/h3-4,9-11H,2,5-8H2,1H3,(H,20,21). The average molecular weight is 341 g/mol. The first kappa shape index (κ1) is 15.6. The second-order valence-corrected chi connectivity index (χ2v) is 5.98. The smallest absolute Gasteiger partial charge is 0.256 e. The number of carbonyl (C=O) groups excluding carboxylic acids is 1. The van der Waals surface area contributed by atoms with Crippen molar-refractivity contribution in [2.24, 2.45) is 0 Å². The van der Waals surface area contributed by atoms with E-state index < -0.39 is 0 Å². The van der Waals surface area contributed by atoms with Crippen LogP contribution in [-0.2, 0) is 0 Å². The Labute approximate surface area is 145 Å². The van der Waals surface area contributed by atoms with Gasteiger partial charge in [-0.05, 0) is 36.8 Å². The number of amides is 1. The van der Waals surface area contributed by atoms with Gasteiger partial charge in [-0.2, -0.15) is 0 Å². The molecule has 0 fully saturated rings. The minimum Gasteiger partial charge on any atom is -0.490 e. The molecule has 6 nitrogen and oxygen atoms in total. The highest BCUT2D eigenvalue weighted by Gasteiger charge is 2.18. The second kappa shape index (κ2) is 6.55. The summed E-state index contributed by atoms with van der Waals surface area (Å²) in [6.07, 6.45) is 0.826. The third-order valence-electron chi connectivity index (χ3n) is 4.14. The average Bonchev–Trinajstić information content (AvgIpc) is 2.85. The largest absolute Gasteiger partial charge is 0.490 e. The summed E-state index contributed by atoms with van der Waals surface area (Å²) in [5, 5.41) is 2.90. The molecule has 2 aliphatic heterocycles. The van der Waals surface area contributed by atoms with E-state index in [4.69, 9.17) is 18.9 Å². The molecule has 6 heteroatoms. The monoisotopic (exact) mass is 341 g/mol. The lowest BCUT2D eigenvalue weighted by molar-refractivity contribution is 0.102. The molecule has 0 aromatic heterocycles. The van der Waals surface area contributed by atoms with Gasteiger partial charge >= 0.3 is 0 Å². The van der Waals surface area contributed by atoms with E-state index in [1.54, 1.807) is 24.3 Å². The molecule has 2 aromatic carbocycles. The van der Waals surface area contributed by atoms with E-state index in [0.29, 0.717) is 60.7 Å². The zero-order valence-electron chi connectivity index (χ0n) is 14.0. The number of rotatable bonds is 2. The molecule has 130 valence electrons. The van der Waals surface area contributed by atoms with Crippen LogP contribution < -0.4 is 24.3 Å². The molecule has 0 saturated heterocycles. The predicted octanol–water partition coefficient (Wildman–Crippen LogP) is 3.18. The Bertz CT molecular complexity index is 818. The lowest BCUT2D eigenvalue weighted by Gasteiger charge is -2.19. The number of hydrogen-bond acceptors (Lipinski definition) is 5. The summed E-state index contributed by atoms with van der Waals surface area (Å²) in [6.45, 7) is 4.13. The van der Waals surface area contributed by atoms with Crippen LogP contribution in [0.1, 0.15) is 22.3 Å². The molecule has 2 aromatic rings. The number of aryl methyl sites for hydroxylation is 1. The summed E-state index contributed by atoms with van der Waals surface area (Å²) in [5.74, 6) is 2.42. The number of fused-ring (bicyclic) bond motifs is 2. The van der Waals surface area contributed by atoms with Gasteiger partial charge in [0, 0.05) is 23.7 Å². The Morgan fingerprint density at radius 3 is 2.28 bits per heavy atom. The molecule has 1 N–H and O–H groups in total. The quantitative estimate of drug-likeness (QED) is 0.909. The molecule has 0 unspecified atom stereocenters. The minimum absolute atomic E-state index is 0.204. The fourth-order valence-corrected chi connectivity index (χ4v) is 2.87. The van der Waals surface area contributed by atoms with Crippen LogP contribution in [0.15, 0.2) is 30.3 Å². The molecule has 0 spiro atoms. The van der Waals surface area contributed by atoms with E-state index in [-0.39, 0.29) is 5.91 Å². The van der Waals surface area contributed by atoms with Crippen LogP contribution in [-0.4, -0.2) is 32.3 Å². The molecular formula is C19H19NO5. The molecule has 4 rings (SSSR count). The van der Waals surface area contributed by atoms with E-state index in [1.807, 2.05) is 13.0 Å². The van der Waals surface area contributed by atoms with Gasteiger partial charge in [0.2, 0.25) is 0 Å². The molecule has 0 atom stereocenters. The van der Waals surface area contributed by atoms with Crippen molar-refractivity contribution in [3.63, 3.8) is 0 Å². The number of hydrogen-bond donors (Lipinski definition) is 1. The van der Waals surface area contributed by atoms with Crippen molar-refractivity contribution in [1.29, 1.82) is 0 Å². The van der Waals surface area contributed by atoms with Crippen LogP contribution in [0.2, 0.25) is 0 Å². The fraction of sp³-hybridized carbons (Fsp3) is 0.316. The van der Waals surface area contributed by atoms with Gasteiger partial charge in [-0.25, -0.2) is 0 Å². The summed E-state index contributed by atoms with van der Waals surface area (Å²) in [7, 11) is 0. The normalized spacial score (nSPS) is 15.2. The zero-order valence-corrected chi connectivity index (χ0v) is 14.0. The number of anilines is 1. The maximum Gasteiger partial charge on any atom is 0.256 e. The molecule has 0 saturated carbocycles. The summed E-state index contributed by atoms with van der Waals surface area (Å²) in [6, 6.07) is 8.95. The van der Waals surface area contributed by atoms with Crippen molar-refractivity contribution in [1.82, 2.24) is 0 Å². The Kier molecular flexibility index (Phi) is 4.09. The van der Waals surface area contributed by atoms with Crippen LogP contribution in [0.25, 0.3) is 0 Å². The SMILES string of the molecule is Cc1cc2c(cc1C(=O)Nc1ccc3c(c1)OCCO3)OCCCO2. The Morgan fingerprint density at radius 1 is 0.840 bits per heavy atom. The third kappa shape index (κ3) is 3.20. The van der Waals surface area contributed by atoms with Gasteiger partial charge in [-0.15, -0.1) is 0 Å². The van der Waals surface area contributed by atoms with E-state index >= 15 is 0 Å². The van der Waals surface area contributed by atoms with Gasteiger partial charge in [0.15, 0.2) is 23.0 Å². The first-order chi connectivity index (χ1) is 12.2. The zero-order chi connectivity index (χ0) is 17.2. The van der Waals surface area contributed by atoms with Gasteiger partial charge in [0.05, 0.1) is 13.2 Å². The van der Waals surface area contributed by atoms with Crippen LogP contribution in [0.5, 0.6) is 23.0 Å². The number of nitrogens with one attached hydrogen (secondary N) is 1. The maximum absolute atomic E-state index is 12.7. The summed E-state index contributed by atoms with van der Waals surface area (Å²) in [5.41, 5.74) is 2.04. The van der Waals surface area contributed by atoms with Gasteiger partial charge in [0.25, 0.3) is 5.91 Å². The van der Waals surface area contributed by atoms with Crippen LogP contribution in [0.4, 0.5) is 5.69 Å². The topological polar surface area (TPSA) is 66.0 Å². The van der Waals surface area contributed by atoms with Gasteiger partial charge < -0.3 is 24.3 Å². The van der Waals surface area contributed by atoms with Gasteiger partial charge in [0.1, 0.15) is 13.2 Å². The molecule has 0 radical (unpaired) electrons. The van der Waals surface area contributed by atoms with Gasteiger partial charge in [-0.1, -0.05) is 0 Å². The Hall–Kier alpha value is -2.89. The molecule has 25 heavy (non-hydrogen) atoms. The predicted molar refractivity (Wildman–Crippen MR) is 92.2 cm³/mol. The minimum atomic E-state index is -0.204. The van der Waals surface area contributed by atoms with E-state index in [0.717, 1.165) is 12.0 Å².